The topological polar surface area (TPSA) is 77.2 Å². The van der Waals surface area contributed by atoms with Crippen LogP contribution in [0.2, 0.25) is 0 Å². The standard InChI is InChI=1S/C8H14N2O2.C5H5N/c9-4-10-8(11)6-3-5-1-2-7(6)12-5;1-2-4-6-5-3-1/h5-7H,1-4,9H2,(H,10,11);1-5H. The molecule has 2 bridgehead atoms. The van der Waals surface area contributed by atoms with Gasteiger partial charge in [0.25, 0.3) is 0 Å². The summed E-state index contributed by atoms with van der Waals surface area (Å²) in [5.74, 6) is 0.122. The van der Waals surface area contributed by atoms with Gasteiger partial charge >= 0.3 is 0 Å². The first-order chi connectivity index (χ1) is 8.81. The lowest BCUT2D eigenvalue weighted by Gasteiger charge is -2.16. The van der Waals surface area contributed by atoms with Gasteiger partial charge in [0, 0.05) is 12.4 Å². The van der Waals surface area contributed by atoms with Gasteiger partial charge in [-0.1, -0.05) is 6.07 Å². The number of carbonyl (C=O) groups is 1. The van der Waals surface area contributed by atoms with Crippen LogP contribution < -0.4 is 11.1 Å². The molecule has 3 unspecified atom stereocenters. The molecular formula is C13H19N3O2. The summed E-state index contributed by atoms with van der Waals surface area (Å²) < 4.78 is 5.55. The van der Waals surface area contributed by atoms with E-state index < -0.39 is 0 Å². The van der Waals surface area contributed by atoms with Crippen LogP contribution in [0.15, 0.2) is 30.6 Å². The first-order valence-corrected chi connectivity index (χ1v) is 6.29. The highest BCUT2D eigenvalue weighted by Crippen LogP contribution is 2.38. The number of rotatable bonds is 2. The van der Waals surface area contributed by atoms with E-state index in [-0.39, 0.29) is 24.6 Å². The van der Waals surface area contributed by atoms with Crippen molar-refractivity contribution >= 4 is 5.91 Å². The molecule has 18 heavy (non-hydrogen) atoms. The number of hydrogen-bond acceptors (Lipinski definition) is 4. The molecule has 2 saturated heterocycles. The van der Waals surface area contributed by atoms with Crippen molar-refractivity contribution in [3.63, 3.8) is 0 Å². The fraction of sp³-hybridized carbons (Fsp3) is 0.538. The van der Waals surface area contributed by atoms with Crippen molar-refractivity contribution in [2.75, 3.05) is 6.67 Å². The molecule has 0 saturated carbocycles. The number of fused-ring (bicyclic) bond motifs is 2. The third-order valence-corrected chi connectivity index (χ3v) is 3.29. The predicted octanol–water partition coefficient (Wildman–Crippen LogP) is 0.668. The van der Waals surface area contributed by atoms with E-state index in [4.69, 9.17) is 10.5 Å². The van der Waals surface area contributed by atoms with Crippen LogP contribution >= 0.6 is 0 Å². The number of nitrogens with one attached hydrogen (secondary N) is 1. The molecule has 1 amide bonds. The minimum atomic E-state index is 0.0599. The van der Waals surface area contributed by atoms with Gasteiger partial charge in [-0.15, -0.1) is 0 Å². The van der Waals surface area contributed by atoms with Gasteiger partial charge in [0.05, 0.1) is 24.8 Å². The van der Waals surface area contributed by atoms with Crippen molar-refractivity contribution in [1.29, 1.82) is 0 Å². The van der Waals surface area contributed by atoms with Crippen LogP contribution in [0.5, 0.6) is 0 Å². The molecule has 1 aromatic rings. The Balaban J connectivity index is 0.000000169. The van der Waals surface area contributed by atoms with Crippen LogP contribution in [0.3, 0.4) is 0 Å². The van der Waals surface area contributed by atoms with Crippen molar-refractivity contribution in [3.05, 3.63) is 30.6 Å². The zero-order chi connectivity index (χ0) is 12.8. The van der Waals surface area contributed by atoms with Crippen molar-refractivity contribution in [2.45, 2.75) is 31.5 Å². The Labute approximate surface area is 107 Å². The Morgan fingerprint density at radius 2 is 2.11 bits per heavy atom. The highest BCUT2D eigenvalue weighted by molar-refractivity contribution is 5.79. The Bertz CT molecular complexity index is 345. The quantitative estimate of drug-likeness (QED) is 0.755. The number of ether oxygens (including phenoxy) is 1. The molecule has 5 heteroatoms. The normalized spacial score (nSPS) is 28.4. The lowest BCUT2D eigenvalue weighted by atomic mass is 9.89. The summed E-state index contributed by atoms with van der Waals surface area (Å²) in [7, 11) is 0. The largest absolute Gasteiger partial charge is 0.374 e. The van der Waals surface area contributed by atoms with Gasteiger partial charge in [-0.2, -0.15) is 0 Å². The fourth-order valence-electron chi connectivity index (χ4n) is 2.46. The van der Waals surface area contributed by atoms with Crippen LogP contribution in [-0.4, -0.2) is 29.8 Å². The molecule has 1 aromatic heterocycles. The van der Waals surface area contributed by atoms with Gasteiger partial charge in [-0.3, -0.25) is 9.78 Å². The number of amides is 1. The predicted molar refractivity (Wildman–Crippen MR) is 67.4 cm³/mol. The minimum absolute atomic E-state index is 0.0599. The van der Waals surface area contributed by atoms with Crippen LogP contribution in [0.1, 0.15) is 19.3 Å². The van der Waals surface area contributed by atoms with Gasteiger partial charge in [0.2, 0.25) is 5.91 Å². The third kappa shape index (κ3) is 3.27. The number of pyridine rings is 1. The van der Waals surface area contributed by atoms with Crippen LogP contribution in [0.4, 0.5) is 0 Å². The average molecular weight is 249 g/mol. The Kier molecular flexibility index (Phi) is 4.66. The SMILES string of the molecule is NCNC(=O)C1CC2CCC1O2.c1ccncc1. The molecule has 3 rings (SSSR count). The summed E-state index contributed by atoms with van der Waals surface area (Å²) in [6, 6.07) is 5.72. The maximum Gasteiger partial charge on any atom is 0.226 e. The van der Waals surface area contributed by atoms with Crippen molar-refractivity contribution in [3.8, 4) is 0 Å². The number of nitrogens with zero attached hydrogens (tertiary/aromatic N) is 1. The highest BCUT2D eigenvalue weighted by Gasteiger charge is 2.44. The fourth-order valence-corrected chi connectivity index (χ4v) is 2.46. The summed E-state index contributed by atoms with van der Waals surface area (Å²) in [5, 5.41) is 2.63. The molecule has 3 atom stereocenters. The average Bonchev–Trinajstić information content (AvgIpc) is 3.04. The molecule has 5 nitrogen and oxygen atoms in total. The van der Waals surface area contributed by atoms with Crippen molar-refractivity contribution in [1.82, 2.24) is 10.3 Å². The Morgan fingerprint density at radius 3 is 2.50 bits per heavy atom. The van der Waals surface area contributed by atoms with Gasteiger partial charge in [-0.25, -0.2) is 0 Å². The smallest absolute Gasteiger partial charge is 0.226 e. The van der Waals surface area contributed by atoms with E-state index in [1.807, 2.05) is 18.2 Å². The van der Waals surface area contributed by atoms with Gasteiger partial charge in [-0.05, 0) is 31.4 Å². The number of hydrogen-bond donors (Lipinski definition) is 2. The van der Waals surface area contributed by atoms with E-state index in [1.54, 1.807) is 12.4 Å². The zero-order valence-corrected chi connectivity index (χ0v) is 10.3. The molecule has 0 aliphatic carbocycles. The molecule has 0 aromatic carbocycles. The van der Waals surface area contributed by atoms with Crippen LogP contribution in [0, 0.1) is 5.92 Å². The van der Waals surface area contributed by atoms with Gasteiger partial charge < -0.3 is 15.8 Å². The van der Waals surface area contributed by atoms with Crippen LogP contribution in [0.25, 0.3) is 0 Å². The molecule has 3 N–H and O–H groups in total. The second-order valence-corrected chi connectivity index (χ2v) is 4.49. The van der Waals surface area contributed by atoms with Gasteiger partial charge in [0.1, 0.15) is 0 Å². The van der Waals surface area contributed by atoms with E-state index in [1.165, 1.54) is 0 Å². The first kappa shape index (κ1) is 13.0. The molecular weight excluding hydrogens is 230 g/mol. The Hall–Kier alpha value is -1.46. The summed E-state index contributed by atoms with van der Waals surface area (Å²) >= 11 is 0. The number of carbonyl (C=O) groups excluding carboxylic acids is 1. The second kappa shape index (κ2) is 6.47. The summed E-state index contributed by atoms with van der Waals surface area (Å²) in [6.45, 7) is 0.229. The van der Waals surface area contributed by atoms with Crippen molar-refractivity contribution in [2.24, 2.45) is 11.7 Å². The molecule has 3 heterocycles. The molecule has 2 fully saturated rings. The molecule has 0 spiro atoms. The van der Waals surface area contributed by atoms with E-state index in [2.05, 4.69) is 10.3 Å². The first-order valence-electron chi connectivity index (χ1n) is 6.29. The highest BCUT2D eigenvalue weighted by atomic mass is 16.5. The number of nitrogens with two attached hydrogens (primary N) is 1. The van der Waals surface area contributed by atoms with E-state index in [0.29, 0.717) is 6.10 Å². The second-order valence-electron chi connectivity index (χ2n) is 4.49. The zero-order valence-electron chi connectivity index (χ0n) is 10.3. The van der Waals surface area contributed by atoms with E-state index in [0.717, 1.165) is 19.3 Å². The molecule has 0 radical (unpaired) electrons. The maximum atomic E-state index is 11.4. The maximum absolute atomic E-state index is 11.4. The summed E-state index contributed by atoms with van der Waals surface area (Å²) in [5.41, 5.74) is 5.22. The molecule has 98 valence electrons. The minimum Gasteiger partial charge on any atom is -0.374 e. The lowest BCUT2D eigenvalue weighted by molar-refractivity contribution is -0.126. The van der Waals surface area contributed by atoms with Crippen LogP contribution in [-0.2, 0) is 9.53 Å². The number of aromatic nitrogens is 1. The molecule has 2 aliphatic rings. The molecule has 2 aliphatic heterocycles. The van der Waals surface area contributed by atoms with Crippen molar-refractivity contribution < 1.29 is 9.53 Å². The lowest BCUT2D eigenvalue weighted by Crippen LogP contribution is -2.38. The summed E-state index contributed by atoms with van der Waals surface area (Å²) in [4.78, 5) is 15.1. The third-order valence-electron chi connectivity index (χ3n) is 3.29. The Morgan fingerprint density at radius 1 is 1.33 bits per heavy atom. The monoisotopic (exact) mass is 249 g/mol. The van der Waals surface area contributed by atoms with E-state index >= 15 is 0 Å². The van der Waals surface area contributed by atoms with Gasteiger partial charge in [0.15, 0.2) is 0 Å². The summed E-state index contributed by atoms with van der Waals surface area (Å²) in [6.07, 6.45) is 7.05. The van der Waals surface area contributed by atoms with E-state index in [9.17, 15) is 4.79 Å².